The molecule has 3 aromatic carbocycles. The van der Waals surface area contributed by atoms with Crippen LogP contribution in [0, 0.1) is 5.82 Å². The Kier molecular flexibility index (Phi) is 5.77. The Hall–Kier alpha value is -3.20. The van der Waals surface area contributed by atoms with Crippen molar-refractivity contribution in [3.05, 3.63) is 96.1 Å². The minimum Gasteiger partial charge on any atom is -0.232 e. The highest BCUT2D eigenvalue weighted by Crippen LogP contribution is 2.37. The monoisotopic (exact) mass is 413 g/mol. The van der Waals surface area contributed by atoms with Gasteiger partial charge in [0.2, 0.25) is 0 Å². The van der Waals surface area contributed by atoms with Crippen LogP contribution in [0.2, 0.25) is 0 Å². The van der Waals surface area contributed by atoms with Crippen LogP contribution >= 0.6 is 0 Å². The Bertz CT molecular complexity index is 1160. The van der Waals surface area contributed by atoms with Crippen LogP contribution in [0.1, 0.15) is 50.7 Å². The Morgan fingerprint density at radius 1 is 0.742 bits per heavy atom. The predicted octanol–water partition coefficient (Wildman–Crippen LogP) is 7.02. The third kappa shape index (κ3) is 4.05. The molecule has 31 heavy (non-hydrogen) atoms. The fourth-order valence-electron chi connectivity index (χ4n) is 4.24. The smallest absolute Gasteiger partial charge is 0.232 e. The number of rotatable bonds is 5. The standard InChI is InChI=1S/C28H30FN2/c1-19(2)25-17-23(21-9-7-6-8-10-21)18-26(20(3)4)27(25)31-16-15-30(5)28(31)22-11-13-24(29)14-12-22/h6-20H,1-5H3/q+1. The van der Waals surface area contributed by atoms with Gasteiger partial charge in [0.1, 0.15) is 23.9 Å². The minimum atomic E-state index is -0.220. The highest BCUT2D eigenvalue weighted by molar-refractivity contribution is 5.71. The summed E-state index contributed by atoms with van der Waals surface area (Å²) in [6, 6.07) is 22.0. The van der Waals surface area contributed by atoms with Crippen molar-refractivity contribution in [2.24, 2.45) is 7.05 Å². The van der Waals surface area contributed by atoms with Crippen LogP contribution in [-0.4, -0.2) is 4.57 Å². The lowest BCUT2D eigenvalue weighted by molar-refractivity contribution is -0.659. The number of aromatic nitrogens is 2. The van der Waals surface area contributed by atoms with E-state index < -0.39 is 0 Å². The number of hydrogen-bond donors (Lipinski definition) is 0. The molecule has 0 aliphatic rings. The van der Waals surface area contributed by atoms with Crippen molar-refractivity contribution >= 4 is 0 Å². The maximum absolute atomic E-state index is 13.6. The average molecular weight is 414 g/mol. The van der Waals surface area contributed by atoms with Gasteiger partial charge in [-0.2, -0.15) is 4.57 Å². The zero-order valence-electron chi connectivity index (χ0n) is 18.9. The van der Waals surface area contributed by atoms with E-state index in [2.05, 4.69) is 91.7 Å². The molecular formula is C28H30FN2+. The van der Waals surface area contributed by atoms with E-state index in [1.807, 2.05) is 19.2 Å². The predicted molar refractivity (Wildman–Crippen MR) is 126 cm³/mol. The Balaban J connectivity index is 2.01. The molecule has 1 heterocycles. The second-order valence-electron chi connectivity index (χ2n) is 8.79. The van der Waals surface area contributed by atoms with Crippen molar-refractivity contribution in [2.45, 2.75) is 39.5 Å². The van der Waals surface area contributed by atoms with Gasteiger partial charge in [0.15, 0.2) is 0 Å². The highest BCUT2D eigenvalue weighted by atomic mass is 19.1. The zero-order valence-corrected chi connectivity index (χ0v) is 18.9. The first-order valence-corrected chi connectivity index (χ1v) is 10.9. The number of benzene rings is 3. The van der Waals surface area contributed by atoms with Gasteiger partial charge in [-0.1, -0.05) is 58.0 Å². The van der Waals surface area contributed by atoms with E-state index in [0.717, 1.165) is 11.4 Å². The summed E-state index contributed by atoms with van der Waals surface area (Å²) in [4.78, 5) is 0. The van der Waals surface area contributed by atoms with Gasteiger partial charge in [0, 0.05) is 11.1 Å². The maximum atomic E-state index is 13.6. The van der Waals surface area contributed by atoms with E-state index in [1.165, 1.54) is 40.1 Å². The topological polar surface area (TPSA) is 8.81 Å². The quantitative estimate of drug-likeness (QED) is 0.311. The van der Waals surface area contributed by atoms with Crippen molar-refractivity contribution in [3.8, 4) is 28.2 Å². The molecule has 3 heteroatoms. The first kappa shape index (κ1) is 21.0. The third-order valence-corrected chi connectivity index (χ3v) is 5.86. The van der Waals surface area contributed by atoms with Crippen molar-refractivity contribution in [1.82, 2.24) is 4.57 Å². The highest BCUT2D eigenvalue weighted by Gasteiger charge is 2.26. The van der Waals surface area contributed by atoms with E-state index in [-0.39, 0.29) is 5.82 Å². The SMILES string of the molecule is CC(C)c1cc(-c2ccccc2)cc(C(C)C)c1-n1cc[n+](C)c1-c1ccc(F)cc1. The number of nitrogens with zero attached hydrogens (tertiary/aromatic N) is 2. The molecule has 0 radical (unpaired) electrons. The van der Waals surface area contributed by atoms with Gasteiger partial charge in [-0.3, -0.25) is 0 Å². The molecule has 158 valence electrons. The first-order chi connectivity index (χ1) is 14.9. The molecule has 0 saturated heterocycles. The summed E-state index contributed by atoms with van der Waals surface area (Å²) in [5, 5.41) is 0. The van der Waals surface area contributed by atoms with Crippen molar-refractivity contribution in [2.75, 3.05) is 0 Å². The molecule has 1 aromatic heterocycles. The average Bonchev–Trinajstić information content (AvgIpc) is 3.15. The second-order valence-corrected chi connectivity index (χ2v) is 8.79. The second kappa shape index (κ2) is 8.50. The van der Waals surface area contributed by atoms with Gasteiger partial charge in [0.05, 0.1) is 12.6 Å². The van der Waals surface area contributed by atoms with E-state index >= 15 is 0 Å². The summed E-state index contributed by atoms with van der Waals surface area (Å²) in [7, 11) is 2.04. The molecule has 0 atom stereocenters. The van der Waals surface area contributed by atoms with E-state index in [9.17, 15) is 4.39 Å². The van der Waals surface area contributed by atoms with Gasteiger partial charge < -0.3 is 0 Å². The molecule has 0 aliphatic carbocycles. The van der Waals surface area contributed by atoms with Gasteiger partial charge in [-0.25, -0.2) is 8.96 Å². The number of halogens is 1. The van der Waals surface area contributed by atoms with Crippen molar-refractivity contribution < 1.29 is 8.96 Å². The molecule has 0 spiro atoms. The summed E-state index contributed by atoms with van der Waals surface area (Å²) >= 11 is 0. The molecule has 4 aromatic rings. The molecule has 0 bridgehead atoms. The summed E-state index contributed by atoms with van der Waals surface area (Å²) in [5.41, 5.74) is 7.32. The van der Waals surface area contributed by atoms with Crippen LogP contribution in [0.3, 0.4) is 0 Å². The van der Waals surface area contributed by atoms with Crippen LogP contribution in [0.5, 0.6) is 0 Å². The number of imidazole rings is 1. The largest absolute Gasteiger partial charge is 0.293 e. The summed E-state index contributed by atoms with van der Waals surface area (Å²) in [6.45, 7) is 9.00. The third-order valence-electron chi connectivity index (χ3n) is 5.86. The molecule has 0 fully saturated rings. The van der Waals surface area contributed by atoms with Gasteiger partial charge >= 0.3 is 0 Å². The van der Waals surface area contributed by atoms with Crippen LogP contribution in [0.4, 0.5) is 4.39 Å². The summed E-state index contributed by atoms with van der Waals surface area (Å²) in [6.07, 6.45) is 4.19. The number of hydrogen-bond acceptors (Lipinski definition) is 0. The molecular weight excluding hydrogens is 383 g/mol. The van der Waals surface area contributed by atoms with E-state index in [0.29, 0.717) is 11.8 Å². The first-order valence-electron chi connectivity index (χ1n) is 10.9. The summed E-state index contributed by atoms with van der Waals surface area (Å²) in [5.74, 6) is 1.52. The van der Waals surface area contributed by atoms with Crippen molar-refractivity contribution in [3.63, 3.8) is 0 Å². The maximum Gasteiger partial charge on any atom is 0.293 e. The molecule has 0 aliphatic heterocycles. The van der Waals surface area contributed by atoms with E-state index in [4.69, 9.17) is 0 Å². The lowest BCUT2D eigenvalue weighted by atomic mass is 9.88. The molecule has 2 nitrogen and oxygen atoms in total. The molecule has 0 amide bonds. The Morgan fingerprint density at radius 3 is 1.87 bits per heavy atom. The molecule has 0 N–H and O–H groups in total. The molecule has 0 unspecified atom stereocenters. The van der Waals surface area contributed by atoms with Gasteiger partial charge in [0.25, 0.3) is 5.82 Å². The normalized spacial score (nSPS) is 11.5. The van der Waals surface area contributed by atoms with Crippen LogP contribution in [0.15, 0.2) is 79.1 Å². The van der Waals surface area contributed by atoms with Crippen LogP contribution < -0.4 is 4.57 Å². The van der Waals surface area contributed by atoms with Crippen LogP contribution in [-0.2, 0) is 7.05 Å². The minimum absolute atomic E-state index is 0.220. The Morgan fingerprint density at radius 2 is 1.32 bits per heavy atom. The van der Waals surface area contributed by atoms with Gasteiger partial charge in [-0.05, 0) is 59.4 Å². The van der Waals surface area contributed by atoms with Gasteiger partial charge in [-0.15, -0.1) is 0 Å². The lowest BCUT2D eigenvalue weighted by Gasteiger charge is -2.20. The molecule has 4 rings (SSSR count). The fraction of sp³-hybridized carbons (Fsp3) is 0.250. The summed E-state index contributed by atoms with van der Waals surface area (Å²) < 4.78 is 18.0. The molecule has 0 saturated carbocycles. The van der Waals surface area contributed by atoms with E-state index in [1.54, 1.807) is 0 Å². The van der Waals surface area contributed by atoms with Crippen molar-refractivity contribution in [1.29, 1.82) is 0 Å². The lowest BCUT2D eigenvalue weighted by Crippen LogP contribution is -2.29. The fourth-order valence-corrected chi connectivity index (χ4v) is 4.24. The zero-order chi connectivity index (χ0) is 22.1. The van der Waals surface area contributed by atoms with Crippen LogP contribution in [0.25, 0.3) is 28.2 Å². The number of aryl methyl sites for hydroxylation is 1. The Labute approximate surface area is 184 Å².